The van der Waals surface area contributed by atoms with Gasteiger partial charge in [-0.15, -0.1) is 46.7 Å². The van der Waals surface area contributed by atoms with Crippen molar-refractivity contribution >= 4 is 57.7 Å². The summed E-state index contributed by atoms with van der Waals surface area (Å²) in [7, 11) is 3.93. The molecule has 0 saturated carbocycles. The van der Waals surface area contributed by atoms with E-state index >= 15 is 0 Å². The van der Waals surface area contributed by atoms with Crippen LogP contribution < -0.4 is 10.2 Å². The van der Waals surface area contributed by atoms with Crippen molar-refractivity contribution in [2.24, 2.45) is 4.99 Å². The molecular weight excluding hydrogens is 515 g/mol. The zero-order valence-electron chi connectivity index (χ0n) is 17.3. The lowest BCUT2D eigenvalue weighted by molar-refractivity contribution is 0.475. The van der Waals surface area contributed by atoms with Gasteiger partial charge in [0.25, 0.3) is 0 Å². The minimum absolute atomic E-state index is 0. The van der Waals surface area contributed by atoms with Gasteiger partial charge >= 0.3 is 0 Å². The number of anilines is 1. The Kier molecular flexibility index (Phi) is 8.55. The third-order valence-electron chi connectivity index (χ3n) is 5.42. The van der Waals surface area contributed by atoms with E-state index in [4.69, 9.17) is 9.97 Å². The maximum atomic E-state index is 4.86. The maximum absolute atomic E-state index is 4.86. The lowest BCUT2D eigenvalue weighted by Gasteiger charge is -2.20. The molecule has 0 unspecified atom stereocenters. The highest BCUT2D eigenvalue weighted by molar-refractivity contribution is 14.0. The van der Waals surface area contributed by atoms with Crippen molar-refractivity contribution in [3.63, 3.8) is 0 Å². The number of halogens is 1. The molecule has 6 nitrogen and oxygen atoms in total. The van der Waals surface area contributed by atoms with Crippen molar-refractivity contribution in [1.82, 2.24) is 20.2 Å². The van der Waals surface area contributed by atoms with Crippen LogP contribution in [0.5, 0.6) is 0 Å². The highest BCUT2D eigenvalue weighted by Crippen LogP contribution is 2.27. The van der Waals surface area contributed by atoms with Crippen molar-refractivity contribution in [3.05, 3.63) is 26.7 Å². The number of nitrogens with one attached hydrogen (secondary N) is 1. The van der Waals surface area contributed by atoms with Gasteiger partial charge in [-0.25, -0.2) is 9.97 Å². The van der Waals surface area contributed by atoms with Crippen LogP contribution in [0, 0.1) is 0 Å². The summed E-state index contributed by atoms with van der Waals surface area (Å²) >= 11 is 3.65. The predicted octanol–water partition coefficient (Wildman–Crippen LogP) is 3.95. The molecule has 29 heavy (non-hydrogen) atoms. The minimum Gasteiger partial charge on any atom is -0.356 e. The third-order valence-corrected chi connectivity index (χ3v) is 7.51. The molecule has 4 rings (SSSR count). The fraction of sp³-hybridized carbons (Fsp3) is 0.650. The van der Waals surface area contributed by atoms with Crippen molar-refractivity contribution in [3.8, 4) is 0 Å². The van der Waals surface area contributed by atoms with Crippen molar-refractivity contribution in [2.75, 3.05) is 38.6 Å². The topological polar surface area (TPSA) is 56.7 Å². The van der Waals surface area contributed by atoms with Gasteiger partial charge in [-0.2, -0.15) is 0 Å². The highest BCUT2D eigenvalue weighted by Gasteiger charge is 2.18. The van der Waals surface area contributed by atoms with E-state index in [9.17, 15) is 0 Å². The average molecular weight is 547 g/mol. The first-order valence-electron chi connectivity index (χ1n) is 10.3. The second kappa shape index (κ2) is 10.9. The molecule has 2 aliphatic rings. The Balaban J connectivity index is 0.00000240. The second-order valence-electron chi connectivity index (χ2n) is 7.58. The molecular formula is C20H31IN6S2. The van der Waals surface area contributed by atoms with Crippen molar-refractivity contribution in [1.29, 1.82) is 0 Å². The van der Waals surface area contributed by atoms with E-state index in [1.807, 2.05) is 18.4 Å². The number of aryl methyl sites for hydroxylation is 2. The number of aromatic nitrogens is 2. The number of aliphatic imine (C=N–C) groups is 1. The van der Waals surface area contributed by atoms with E-state index in [1.54, 1.807) is 11.3 Å². The van der Waals surface area contributed by atoms with Gasteiger partial charge in [-0.1, -0.05) is 0 Å². The zero-order valence-corrected chi connectivity index (χ0v) is 21.3. The van der Waals surface area contributed by atoms with Gasteiger partial charge in [0.2, 0.25) is 0 Å². The number of fused-ring (bicyclic) bond motifs is 1. The smallest absolute Gasteiger partial charge is 0.193 e. The van der Waals surface area contributed by atoms with E-state index < -0.39 is 0 Å². The number of hydrogen-bond donors (Lipinski definition) is 1. The molecule has 1 aliphatic heterocycles. The molecule has 2 aromatic heterocycles. The van der Waals surface area contributed by atoms with Crippen LogP contribution in [-0.4, -0.2) is 54.6 Å². The lowest BCUT2D eigenvalue weighted by atomic mass is 10.0. The van der Waals surface area contributed by atoms with Gasteiger partial charge in [0, 0.05) is 50.4 Å². The fourth-order valence-electron chi connectivity index (χ4n) is 3.90. The van der Waals surface area contributed by atoms with Gasteiger partial charge in [-0.05, 0) is 38.5 Å². The highest BCUT2D eigenvalue weighted by atomic mass is 127. The maximum Gasteiger partial charge on any atom is 0.193 e. The van der Waals surface area contributed by atoms with E-state index in [2.05, 4.69) is 32.5 Å². The van der Waals surface area contributed by atoms with Crippen LogP contribution in [0.2, 0.25) is 0 Å². The lowest BCUT2D eigenvalue weighted by Crippen LogP contribution is -2.39. The molecule has 1 aliphatic carbocycles. The Hall–Kier alpha value is -0.940. The minimum atomic E-state index is 0. The molecule has 2 aromatic rings. The molecule has 1 saturated heterocycles. The Bertz CT molecular complexity index is 788. The number of hydrogen-bond acceptors (Lipinski definition) is 6. The van der Waals surface area contributed by atoms with Crippen molar-refractivity contribution in [2.45, 2.75) is 51.5 Å². The van der Waals surface area contributed by atoms with Crippen LogP contribution in [0.25, 0.3) is 0 Å². The quantitative estimate of drug-likeness (QED) is 0.338. The first kappa shape index (κ1) is 22.7. The van der Waals surface area contributed by atoms with Crippen LogP contribution in [-0.2, 0) is 25.8 Å². The van der Waals surface area contributed by atoms with E-state index in [1.165, 1.54) is 58.5 Å². The normalized spacial score (nSPS) is 16.5. The van der Waals surface area contributed by atoms with Gasteiger partial charge in [0.1, 0.15) is 5.01 Å². The SMILES string of the molecule is CN=C(NCCc1csc(N2CCCC2)n1)N(C)Cc1nc2c(s1)CCCC2.I. The van der Waals surface area contributed by atoms with Gasteiger partial charge < -0.3 is 15.1 Å². The van der Waals surface area contributed by atoms with Gasteiger partial charge in [-0.3, -0.25) is 4.99 Å². The zero-order chi connectivity index (χ0) is 19.3. The molecule has 0 atom stereocenters. The molecule has 1 N–H and O–H groups in total. The molecule has 0 radical (unpaired) electrons. The summed E-state index contributed by atoms with van der Waals surface area (Å²) < 4.78 is 0. The average Bonchev–Trinajstić information content (AvgIpc) is 3.44. The molecule has 9 heteroatoms. The third kappa shape index (κ3) is 5.81. The van der Waals surface area contributed by atoms with Gasteiger partial charge in [0.15, 0.2) is 11.1 Å². The second-order valence-corrected chi connectivity index (χ2v) is 9.58. The molecule has 0 aromatic carbocycles. The van der Waals surface area contributed by atoms with Crippen LogP contribution in [0.3, 0.4) is 0 Å². The first-order chi connectivity index (χ1) is 13.7. The summed E-state index contributed by atoms with van der Waals surface area (Å²) in [6, 6.07) is 0. The van der Waals surface area contributed by atoms with Crippen LogP contribution in [0.15, 0.2) is 10.4 Å². The number of guanidine groups is 1. The summed E-state index contributed by atoms with van der Waals surface area (Å²) in [5.74, 6) is 0.920. The molecule has 1 fully saturated rings. The summed E-state index contributed by atoms with van der Waals surface area (Å²) in [6.07, 6.45) is 8.45. The first-order valence-corrected chi connectivity index (χ1v) is 12.0. The number of rotatable bonds is 6. The summed E-state index contributed by atoms with van der Waals surface area (Å²) in [4.78, 5) is 20.2. The van der Waals surface area contributed by atoms with E-state index in [-0.39, 0.29) is 24.0 Å². The monoisotopic (exact) mass is 546 g/mol. The summed E-state index contributed by atoms with van der Waals surface area (Å²) in [6.45, 7) is 3.97. The van der Waals surface area contributed by atoms with Crippen LogP contribution in [0.4, 0.5) is 5.13 Å². The van der Waals surface area contributed by atoms with E-state index in [0.717, 1.165) is 45.0 Å². The molecule has 160 valence electrons. The van der Waals surface area contributed by atoms with E-state index in [0.29, 0.717) is 0 Å². The standard InChI is InChI=1S/C20H30N6S2.HI/c1-21-19(25(2)13-18-24-16-7-3-4-8-17(16)28-18)22-10-9-15-14-27-20(23-15)26-11-5-6-12-26;/h14H,3-13H2,1-2H3,(H,21,22);1H. The molecule has 0 amide bonds. The Morgan fingerprint density at radius 2 is 2.00 bits per heavy atom. The molecule has 0 bridgehead atoms. The number of nitrogens with zero attached hydrogens (tertiary/aromatic N) is 5. The van der Waals surface area contributed by atoms with Crippen LogP contribution in [0.1, 0.15) is 47.0 Å². The van der Waals surface area contributed by atoms with Crippen molar-refractivity contribution < 1.29 is 0 Å². The van der Waals surface area contributed by atoms with Gasteiger partial charge in [0.05, 0.1) is 17.9 Å². The number of thiazole rings is 2. The predicted molar refractivity (Wildman–Crippen MR) is 134 cm³/mol. The largest absolute Gasteiger partial charge is 0.356 e. The van der Waals surface area contributed by atoms with Crippen LogP contribution >= 0.6 is 46.7 Å². The Morgan fingerprint density at radius 1 is 1.21 bits per heavy atom. The molecule has 3 heterocycles. The summed E-state index contributed by atoms with van der Waals surface area (Å²) in [5.41, 5.74) is 2.50. The summed E-state index contributed by atoms with van der Waals surface area (Å²) in [5, 5.41) is 8.06. The Morgan fingerprint density at radius 3 is 2.76 bits per heavy atom. The Labute approximate surface area is 198 Å². The fourth-order valence-corrected chi connectivity index (χ4v) is 6.03. The molecule has 0 spiro atoms.